The highest BCUT2D eigenvalue weighted by molar-refractivity contribution is 8.01. The molecule has 0 amide bonds. The fraction of sp³-hybridized carbons (Fsp3) is 0.250. The van der Waals surface area contributed by atoms with Gasteiger partial charge in [-0.15, -0.1) is 0 Å². The first-order valence-corrected chi connectivity index (χ1v) is 9.10. The number of fused-ring (bicyclic) bond motifs is 1. The first kappa shape index (κ1) is 19.0. The second kappa shape index (κ2) is 7.06. The van der Waals surface area contributed by atoms with Crippen LogP contribution in [-0.2, 0) is 24.0 Å². The molecule has 2 N–H and O–H groups in total. The zero-order chi connectivity index (χ0) is 19.8. The Kier molecular flexibility index (Phi) is 4.96. The Morgan fingerprint density at radius 2 is 2.11 bits per heavy atom. The molecule has 142 valence electrons. The molecular formula is C16H15F3N6OS. The molecular weight excluding hydrogens is 381 g/mol. The number of halogens is 3. The summed E-state index contributed by atoms with van der Waals surface area (Å²) >= 11 is 0. The van der Waals surface area contributed by atoms with Crippen molar-refractivity contribution < 1.29 is 17.4 Å². The standard InChI is InChI=1S/C16H15F3N6OS/c1-3-27(26)14(10-4-5-21-8-11(10)20)24-15-23-12-6-9(16(17,18)19)7-22-13(12)25(15)2/h4-8H,3,20H2,1-2H3. The van der Waals surface area contributed by atoms with Crippen molar-refractivity contribution >= 4 is 38.6 Å². The predicted molar refractivity (Wildman–Crippen MR) is 97.0 cm³/mol. The van der Waals surface area contributed by atoms with Crippen molar-refractivity contribution in [3.8, 4) is 0 Å². The number of hydrogen-bond acceptors (Lipinski definition) is 6. The second-order valence-electron chi connectivity index (χ2n) is 5.55. The number of alkyl halides is 3. The van der Waals surface area contributed by atoms with Crippen molar-refractivity contribution in [1.29, 1.82) is 0 Å². The van der Waals surface area contributed by atoms with E-state index >= 15 is 0 Å². The summed E-state index contributed by atoms with van der Waals surface area (Å²) in [4.78, 5) is 16.2. The lowest BCUT2D eigenvalue weighted by atomic mass is 10.2. The number of aliphatic imine (C=N–C) groups is 1. The van der Waals surface area contributed by atoms with Gasteiger partial charge in [0.25, 0.3) is 0 Å². The van der Waals surface area contributed by atoms with Gasteiger partial charge in [-0.25, -0.2) is 15.0 Å². The fourth-order valence-electron chi connectivity index (χ4n) is 2.38. The van der Waals surface area contributed by atoms with Gasteiger partial charge in [-0.2, -0.15) is 13.2 Å². The summed E-state index contributed by atoms with van der Waals surface area (Å²) in [5.74, 6) is 0.353. The number of aromatic nitrogens is 4. The number of nitrogen functional groups attached to an aromatic ring is 1. The van der Waals surface area contributed by atoms with Crippen LogP contribution in [0.2, 0.25) is 0 Å². The lowest BCUT2D eigenvalue weighted by molar-refractivity contribution is -0.137. The molecule has 0 saturated heterocycles. The molecule has 1 atom stereocenters. The number of aryl methyl sites for hydroxylation is 1. The molecule has 0 radical (unpaired) electrons. The zero-order valence-corrected chi connectivity index (χ0v) is 15.2. The van der Waals surface area contributed by atoms with Gasteiger partial charge < -0.3 is 5.73 Å². The maximum absolute atomic E-state index is 12.9. The summed E-state index contributed by atoms with van der Waals surface area (Å²) in [5.41, 5.74) is 5.99. The fourth-order valence-corrected chi connectivity index (χ4v) is 3.27. The highest BCUT2D eigenvalue weighted by Crippen LogP contribution is 2.31. The average Bonchev–Trinajstić information content (AvgIpc) is 2.94. The van der Waals surface area contributed by atoms with Gasteiger partial charge in [-0.1, -0.05) is 6.92 Å². The molecule has 0 aromatic carbocycles. The third kappa shape index (κ3) is 3.68. The van der Waals surface area contributed by atoms with Crippen molar-refractivity contribution in [2.45, 2.75) is 13.1 Å². The molecule has 3 heterocycles. The molecule has 7 nitrogen and oxygen atoms in total. The van der Waals surface area contributed by atoms with E-state index in [1.54, 1.807) is 20.0 Å². The first-order valence-electron chi connectivity index (χ1n) is 7.79. The minimum atomic E-state index is -4.53. The van der Waals surface area contributed by atoms with Gasteiger partial charge in [0.15, 0.2) is 5.65 Å². The molecule has 3 aromatic heterocycles. The minimum absolute atomic E-state index is 0.0374. The Balaban J connectivity index is 2.18. The Hall–Kier alpha value is -2.82. The maximum atomic E-state index is 12.9. The second-order valence-corrected chi connectivity index (χ2v) is 7.20. The molecule has 0 spiro atoms. The quantitative estimate of drug-likeness (QED) is 0.542. The number of nitrogens with zero attached hydrogens (tertiary/aromatic N) is 5. The van der Waals surface area contributed by atoms with Crippen molar-refractivity contribution in [1.82, 2.24) is 19.5 Å². The van der Waals surface area contributed by atoms with E-state index in [-0.39, 0.29) is 33.6 Å². The number of nitrogens with two attached hydrogens (primary N) is 1. The highest BCUT2D eigenvalue weighted by Gasteiger charge is 2.31. The summed E-state index contributed by atoms with van der Waals surface area (Å²) < 4.78 is 52.6. The maximum Gasteiger partial charge on any atom is 0.417 e. The van der Waals surface area contributed by atoms with Crippen LogP contribution >= 0.6 is 0 Å². The van der Waals surface area contributed by atoms with Gasteiger partial charge in [0.05, 0.1) is 28.2 Å². The third-order valence-corrected chi connectivity index (χ3v) is 5.04. The van der Waals surface area contributed by atoms with Crippen molar-refractivity contribution in [3.63, 3.8) is 0 Å². The van der Waals surface area contributed by atoms with E-state index in [9.17, 15) is 17.4 Å². The van der Waals surface area contributed by atoms with Gasteiger partial charge in [-0.05, 0) is 12.1 Å². The van der Waals surface area contributed by atoms with Crippen LogP contribution < -0.4 is 5.73 Å². The van der Waals surface area contributed by atoms with Crippen LogP contribution in [-0.4, -0.2) is 34.5 Å². The van der Waals surface area contributed by atoms with Gasteiger partial charge in [0.2, 0.25) is 5.95 Å². The van der Waals surface area contributed by atoms with E-state index in [0.717, 1.165) is 12.3 Å². The summed E-state index contributed by atoms with van der Waals surface area (Å²) in [5, 5.41) is 0.173. The number of imidazole rings is 1. The first-order chi connectivity index (χ1) is 12.7. The topological polar surface area (TPSA) is 99.0 Å². The highest BCUT2D eigenvalue weighted by atomic mass is 32.2. The number of anilines is 1. The molecule has 0 fully saturated rings. The van der Waals surface area contributed by atoms with E-state index in [1.807, 2.05) is 0 Å². The molecule has 3 rings (SSSR count). The summed E-state index contributed by atoms with van der Waals surface area (Å²) in [7, 11) is 0.0799. The average molecular weight is 396 g/mol. The lowest BCUT2D eigenvalue weighted by Crippen LogP contribution is -2.14. The Morgan fingerprint density at radius 1 is 1.37 bits per heavy atom. The van der Waals surface area contributed by atoms with Crippen LogP contribution in [0.1, 0.15) is 18.1 Å². The van der Waals surface area contributed by atoms with Crippen molar-refractivity contribution in [2.24, 2.45) is 12.0 Å². The lowest BCUT2D eigenvalue weighted by Gasteiger charge is -2.07. The van der Waals surface area contributed by atoms with Gasteiger partial charge >= 0.3 is 6.18 Å². The smallest absolute Gasteiger partial charge is 0.397 e. The monoisotopic (exact) mass is 396 g/mol. The SMILES string of the molecule is CCS(=O)C(=Nc1nc2cc(C(F)(F)F)cnc2n1C)c1ccncc1N. The van der Waals surface area contributed by atoms with Gasteiger partial charge in [-0.3, -0.25) is 13.8 Å². The molecule has 1 unspecified atom stereocenters. The van der Waals surface area contributed by atoms with Gasteiger partial charge in [0.1, 0.15) is 10.6 Å². The Morgan fingerprint density at radius 3 is 2.74 bits per heavy atom. The summed E-state index contributed by atoms with van der Waals surface area (Å²) in [6.07, 6.45) is -0.893. The van der Waals surface area contributed by atoms with Crippen LogP contribution in [0.15, 0.2) is 35.7 Å². The van der Waals surface area contributed by atoms with E-state index in [4.69, 9.17) is 5.73 Å². The number of pyridine rings is 2. The molecule has 0 bridgehead atoms. The van der Waals surface area contributed by atoms with Crippen LogP contribution in [0.4, 0.5) is 24.8 Å². The summed E-state index contributed by atoms with van der Waals surface area (Å²) in [6.45, 7) is 1.72. The third-order valence-electron chi connectivity index (χ3n) is 3.77. The molecule has 0 aliphatic rings. The molecule has 0 aliphatic carbocycles. The largest absolute Gasteiger partial charge is 0.417 e. The minimum Gasteiger partial charge on any atom is -0.397 e. The summed E-state index contributed by atoms with van der Waals surface area (Å²) in [6, 6.07) is 2.48. The molecule has 27 heavy (non-hydrogen) atoms. The van der Waals surface area contributed by atoms with E-state index < -0.39 is 22.5 Å². The number of rotatable bonds is 3. The predicted octanol–water partition coefficient (Wildman–Crippen LogP) is 2.81. The van der Waals surface area contributed by atoms with Crippen LogP contribution in [0.5, 0.6) is 0 Å². The molecule has 11 heteroatoms. The van der Waals surface area contributed by atoms with Gasteiger partial charge in [0, 0.05) is 30.8 Å². The van der Waals surface area contributed by atoms with Crippen molar-refractivity contribution in [3.05, 3.63) is 41.9 Å². The normalized spacial score (nSPS) is 13.9. The van der Waals surface area contributed by atoms with Crippen LogP contribution in [0.3, 0.4) is 0 Å². The molecule has 0 saturated carbocycles. The molecule has 0 aliphatic heterocycles. The number of hydrogen-bond donors (Lipinski definition) is 1. The van der Waals surface area contributed by atoms with Crippen LogP contribution in [0.25, 0.3) is 11.2 Å². The van der Waals surface area contributed by atoms with E-state index in [1.165, 1.54) is 17.0 Å². The Labute approximate surface area is 154 Å². The van der Waals surface area contributed by atoms with E-state index in [2.05, 4.69) is 19.9 Å². The zero-order valence-electron chi connectivity index (χ0n) is 14.4. The van der Waals surface area contributed by atoms with Crippen LogP contribution in [0, 0.1) is 0 Å². The van der Waals surface area contributed by atoms with Crippen molar-refractivity contribution in [2.75, 3.05) is 11.5 Å². The molecule has 3 aromatic rings. The van der Waals surface area contributed by atoms with E-state index in [0.29, 0.717) is 5.56 Å². The Bertz CT molecular complexity index is 1060.